The number of rotatable bonds is 8. The first-order chi connectivity index (χ1) is 7.73. The summed E-state index contributed by atoms with van der Waals surface area (Å²) in [7, 11) is 0. The van der Waals surface area contributed by atoms with E-state index in [4.69, 9.17) is 0 Å². The predicted molar refractivity (Wildman–Crippen MR) is 71.2 cm³/mol. The molecule has 4 nitrogen and oxygen atoms in total. The molecule has 17 heavy (non-hydrogen) atoms. The molecule has 0 aromatic rings. The second-order valence-corrected chi connectivity index (χ2v) is 5.65. The molecular formula is C13H28N2O2. The number of carboxylic acids is 1. The highest BCUT2D eigenvalue weighted by atomic mass is 16.4. The number of carboxylic acid groups (broad SMARTS) is 1. The molecule has 102 valence electrons. The largest absolute Gasteiger partial charge is 0.480 e. The van der Waals surface area contributed by atoms with Gasteiger partial charge in [0.25, 0.3) is 0 Å². The van der Waals surface area contributed by atoms with E-state index in [1.165, 1.54) is 0 Å². The van der Waals surface area contributed by atoms with E-state index in [1.807, 2.05) is 13.8 Å². The molecule has 0 aliphatic heterocycles. The van der Waals surface area contributed by atoms with Gasteiger partial charge >= 0.3 is 5.97 Å². The second kappa shape index (κ2) is 7.67. The third-order valence-electron chi connectivity index (χ3n) is 2.58. The quantitative estimate of drug-likeness (QED) is 0.683. The Kier molecular flexibility index (Phi) is 7.39. The Balaban J connectivity index is 4.50. The van der Waals surface area contributed by atoms with E-state index in [0.717, 1.165) is 6.54 Å². The molecule has 4 heteroatoms. The minimum Gasteiger partial charge on any atom is -0.480 e. The Hall–Kier alpha value is -0.610. The van der Waals surface area contributed by atoms with Crippen LogP contribution in [0.5, 0.6) is 0 Å². The third kappa shape index (κ3) is 7.34. The summed E-state index contributed by atoms with van der Waals surface area (Å²) >= 11 is 0. The summed E-state index contributed by atoms with van der Waals surface area (Å²) < 4.78 is 0. The number of carbonyl (C=O) groups is 1. The van der Waals surface area contributed by atoms with Gasteiger partial charge in [-0.2, -0.15) is 0 Å². The van der Waals surface area contributed by atoms with Gasteiger partial charge < -0.3 is 10.4 Å². The molecule has 0 saturated heterocycles. The van der Waals surface area contributed by atoms with Crippen LogP contribution in [0, 0.1) is 5.92 Å². The van der Waals surface area contributed by atoms with E-state index in [1.54, 1.807) is 0 Å². The van der Waals surface area contributed by atoms with E-state index < -0.39 is 12.0 Å². The second-order valence-electron chi connectivity index (χ2n) is 5.65. The van der Waals surface area contributed by atoms with Gasteiger partial charge in [-0.05, 0) is 19.8 Å². The van der Waals surface area contributed by atoms with Gasteiger partial charge in [0, 0.05) is 25.2 Å². The SMILES string of the molecule is CC(C)CN(CC(NC(C)C)C(=O)O)C(C)C. The molecule has 0 saturated carbocycles. The van der Waals surface area contributed by atoms with Gasteiger partial charge in [0.05, 0.1) is 0 Å². The molecule has 0 aromatic carbocycles. The summed E-state index contributed by atoms with van der Waals surface area (Å²) in [6.45, 7) is 14.0. The fourth-order valence-corrected chi connectivity index (χ4v) is 1.80. The molecule has 0 aromatic heterocycles. The van der Waals surface area contributed by atoms with Crippen LogP contribution in [0.15, 0.2) is 0 Å². The minimum atomic E-state index is -0.770. The maximum absolute atomic E-state index is 11.2. The first-order valence-electron chi connectivity index (χ1n) is 6.47. The number of hydrogen-bond donors (Lipinski definition) is 2. The Bertz CT molecular complexity index is 227. The zero-order valence-electron chi connectivity index (χ0n) is 12.0. The van der Waals surface area contributed by atoms with Gasteiger partial charge in [0.15, 0.2) is 0 Å². The average molecular weight is 244 g/mol. The zero-order valence-corrected chi connectivity index (χ0v) is 12.0. The smallest absolute Gasteiger partial charge is 0.322 e. The topological polar surface area (TPSA) is 52.6 Å². The molecule has 0 spiro atoms. The molecule has 0 amide bonds. The highest BCUT2D eigenvalue weighted by Crippen LogP contribution is 2.06. The Morgan fingerprint density at radius 1 is 1.12 bits per heavy atom. The first kappa shape index (κ1) is 16.4. The normalized spacial score (nSPS) is 14.0. The highest BCUT2D eigenvalue weighted by molar-refractivity contribution is 5.73. The summed E-state index contributed by atoms with van der Waals surface area (Å²) in [5.41, 5.74) is 0. The lowest BCUT2D eigenvalue weighted by atomic mass is 10.1. The molecule has 0 radical (unpaired) electrons. The van der Waals surface area contributed by atoms with Crippen LogP contribution in [0.25, 0.3) is 0 Å². The number of nitrogens with one attached hydrogen (secondary N) is 1. The Morgan fingerprint density at radius 3 is 1.94 bits per heavy atom. The highest BCUT2D eigenvalue weighted by Gasteiger charge is 2.23. The first-order valence-corrected chi connectivity index (χ1v) is 6.47. The standard InChI is InChI=1S/C13H28N2O2/c1-9(2)7-15(11(5)6)8-12(13(16)17)14-10(3)4/h9-12,14H,7-8H2,1-6H3,(H,16,17). The monoisotopic (exact) mass is 244 g/mol. The van der Waals surface area contributed by atoms with Gasteiger partial charge in [-0.3, -0.25) is 9.69 Å². The molecule has 1 unspecified atom stereocenters. The summed E-state index contributed by atoms with van der Waals surface area (Å²) in [5, 5.41) is 12.3. The van der Waals surface area contributed by atoms with Crippen molar-refractivity contribution >= 4 is 5.97 Å². The van der Waals surface area contributed by atoms with Crippen molar-refractivity contribution in [3.05, 3.63) is 0 Å². The molecule has 0 bridgehead atoms. The van der Waals surface area contributed by atoms with Crippen molar-refractivity contribution in [3.8, 4) is 0 Å². The van der Waals surface area contributed by atoms with Crippen molar-refractivity contribution < 1.29 is 9.90 Å². The van der Waals surface area contributed by atoms with Crippen LogP contribution in [-0.4, -0.2) is 47.2 Å². The van der Waals surface area contributed by atoms with Crippen LogP contribution in [-0.2, 0) is 4.79 Å². The maximum atomic E-state index is 11.2. The molecule has 2 N–H and O–H groups in total. The van der Waals surface area contributed by atoms with Crippen molar-refractivity contribution in [3.63, 3.8) is 0 Å². The summed E-state index contributed by atoms with van der Waals surface area (Å²) in [6, 6.07) is 0.0634. The van der Waals surface area contributed by atoms with Crippen LogP contribution < -0.4 is 5.32 Å². The van der Waals surface area contributed by atoms with Crippen molar-refractivity contribution in [1.29, 1.82) is 0 Å². The van der Waals surface area contributed by atoms with Crippen LogP contribution in [0.2, 0.25) is 0 Å². The van der Waals surface area contributed by atoms with E-state index in [-0.39, 0.29) is 6.04 Å². The van der Waals surface area contributed by atoms with Gasteiger partial charge in [-0.15, -0.1) is 0 Å². The van der Waals surface area contributed by atoms with E-state index in [0.29, 0.717) is 18.5 Å². The Labute approximate surface area is 105 Å². The van der Waals surface area contributed by atoms with E-state index in [9.17, 15) is 9.90 Å². The molecular weight excluding hydrogens is 216 g/mol. The van der Waals surface area contributed by atoms with Crippen molar-refractivity contribution in [2.75, 3.05) is 13.1 Å². The summed E-state index contributed by atoms with van der Waals surface area (Å²) in [4.78, 5) is 13.4. The van der Waals surface area contributed by atoms with Crippen molar-refractivity contribution in [2.24, 2.45) is 5.92 Å². The van der Waals surface area contributed by atoms with E-state index >= 15 is 0 Å². The summed E-state index contributed by atoms with van der Waals surface area (Å²) in [6.07, 6.45) is 0. The zero-order chi connectivity index (χ0) is 13.6. The predicted octanol–water partition coefficient (Wildman–Crippen LogP) is 1.80. The average Bonchev–Trinajstić information content (AvgIpc) is 2.13. The lowest BCUT2D eigenvalue weighted by Gasteiger charge is -2.31. The van der Waals surface area contributed by atoms with Crippen LogP contribution in [0.3, 0.4) is 0 Å². The lowest BCUT2D eigenvalue weighted by Crippen LogP contribution is -2.50. The molecule has 0 aliphatic carbocycles. The molecule has 0 heterocycles. The van der Waals surface area contributed by atoms with Gasteiger partial charge in [-0.1, -0.05) is 27.7 Å². The van der Waals surface area contributed by atoms with Crippen LogP contribution in [0.1, 0.15) is 41.5 Å². The number of aliphatic carboxylic acids is 1. The van der Waals surface area contributed by atoms with Gasteiger partial charge in [0.1, 0.15) is 6.04 Å². The Morgan fingerprint density at radius 2 is 1.65 bits per heavy atom. The van der Waals surface area contributed by atoms with Crippen molar-refractivity contribution in [2.45, 2.75) is 59.7 Å². The fourth-order valence-electron chi connectivity index (χ4n) is 1.80. The maximum Gasteiger partial charge on any atom is 0.322 e. The number of hydrogen-bond acceptors (Lipinski definition) is 3. The molecule has 0 rings (SSSR count). The van der Waals surface area contributed by atoms with E-state index in [2.05, 4.69) is 37.9 Å². The number of nitrogens with zero attached hydrogens (tertiary/aromatic N) is 1. The van der Waals surface area contributed by atoms with Gasteiger partial charge in [-0.25, -0.2) is 0 Å². The van der Waals surface area contributed by atoms with Crippen molar-refractivity contribution in [1.82, 2.24) is 10.2 Å². The van der Waals surface area contributed by atoms with Crippen LogP contribution >= 0.6 is 0 Å². The molecule has 0 fully saturated rings. The van der Waals surface area contributed by atoms with Crippen LogP contribution in [0.4, 0.5) is 0 Å². The third-order valence-corrected chi connectivity index (χ3v) is 2.58. The van der Waals surface area contributed by atoms with Gasteiger partial charge in [0.2, 0.25) is 0 Å². The minimum absolute atomic E-state index is 0.184. The fraction of sp³-hybridized carbons (Fsp3) is 0.923. The lowest BCUT2D eigenvalue weighted by molar-refractivity contribution is -0.140. The molecule has 1 atom stereocenters. The summed E-state index contributed by atoms with van der Waals surface area (Å²) in [5.74, 6) is -0.223. The molecule has 0 aliphatic rings.